The van der Waals surface area contributed by atoms with Gasteiger partial charge in [0, 0.05) is 0 Å². The quantitative estimate of drug-likeness (QED) is 0.685. The standard InChI is InChI=1S/C18H16N2O3S/c1-22-14-8-6-13(7-9-14)20-17(21)16(19-18(20)24)11-12-4-3-5-15(10-12)23-2/h3-11H,1-2H3,(H,19,24)/b16-11-. The summed E-state index contributed by atoms with van der Waals surface area (Å²) in [6, 6.07) is 14.6. The van der Waals surface area contributed by atoms with E-state index in [0.717, 1.165) is 17.1 Å². The number of anilines is 1. The van der Waals surface area contributed by atoms with Crippen LogP contribution >= 0.6 is 12.2 Å². The van der Waals surface area contributed by atoms with Crippen molar-refractivity contribution in [1.29, 1.82) is 0 Å². The van der Waals surface area contributed by atoms with Gasteiger partial charge in [-0.15, -0.1) is 0 Å². The van der Waals surface area contributed by atoms with Gasteiger partial charge in [0.25, 0.3) is 5.91 Å². The van der Waals surface area contributed by atoms with Crippen LogP contribution in [0.1, 0.15) is 5.56 Å². The molecule has 5 nitrogen and oxygen atoms in total. The highest BCUT2D eigenvalue weighted by Crippen LogP contribution is 2.25. The second-order valence-electron chi connectivity index (χ2n) is 5.10. The molecule has 2 aromatic carbocycles. The molecule has 0 atom stereocenters. The maximum Gasteiger partial charge on any atom is 0.281 e. The average Bonchev–Trinajstić information content (AvgIpc) is 2.89. The van der Waals surface area contributed by atoms with Crippen molar-refractivity contribution in [2.45, 2.75) is 0 Å². The lowest BCUT2D eigenvalue weighted by Crippen LogP contribution is -2.30. The third-order valence-corrected chi connectivity index (χ3v) is 3.90. The Kier molecular flexibility index (Phi) is 4.48. The van der Waals surface area contributed by atoms with Crippen molar-refractivity contribution in [2.24, 2.45) is 0 Å². The molecule has 24 heavy (non-hydrogen) atoms. The molecule has 1 amide bonds. The van der Waals surface area contributed by atoms with Gasteiger partial charge in [-0.2, -0.15) is 0 Å². The Balaban J connectivity index is 1.89. The number of amides is 1. The van der Waals surface area contributed by atoms with Crippen molar-refractivity contribution in [1.82, 2.24) is 5.32 Å². The fourth-order valence-corrected chi connectivity index (χ4v) is 2.70. The number of carbonyl (C=O) groups is 1. The lowest BCUT2D eigenvalue weighted by Gasteiger charge is -2.14. The van der Waals surface area contributed by atoms with E-state index in [1.807, 2.05) is 24.3 Å². The Labute approximate surface area is 145 Å². The molecule has 122 valence electrons. The van der Waals surface area contributed by atoms with E-state index in [-0.39, 0.29) is 5.91 Å². The van der Waals surface area contributed by atoms with Crippen LogP contribution in [0.25, 0.3) is 6.08 Å². The lowest BCUT2D eigenvalue weighted by atomic mass is 10.2. The van der Waals surface area contributed by atoms with Gasteiger partial charge in [0.05, 0.1) is 19.9 Å². The van der Waals surface area contributed by atoms with Crippen LogP contribution in [0.4, 0.5) is 5.69 Å². The number of nitrogens with one attached hydrogen (secondary N) is 1. The molecule has 0 radical (unpaired) electrons. The van der Waals surface area contributed by atoms with Gasteiger partial charge in [-0.05, 0) is 60.3 Å². The lowest BCUT2D eigenvalue weighted by molar-refractivity contribution is -0.113. The molecule has 0 aliphatic carbocycles. The van der Waals surface area contributed by atoms with Crippen LogP contribution in [0.3, 0.4) is 0 Å². The Morgan fingerprint density at radius 3 is 2.42 bits per heavy atom. The summed E-state index contributed by atoms with van der Waals surface area (Å²) in [6.45, 7) is 0. The zero-order chi connectivity index (χ0) is 17.1. The second-order valence-corrected chi connectivity index (χ2v) is 5.49. The first-order valence-corrected chi connectivity index (χ1v) is 7.68. The van der Waals surface area contributed by atoms with Crippen molar-refractivity contribution in [3.63, 3.8) is 0 Å². The summed E-state index contributed by atoms with van der Waals surface area (Å²) in [5, 5.41) is 3.31. The summed E-state index contributed by atoms with van der Waals surface area (Å²) in [6.07, 6.45) is 1.75. The third kappa shape index (κ3) is 3.09. The summed E-state index contributed by atoms with van der Waals surface area (Å²) in [5.74, 6) is 1.24. The SMILES string of the molecule is COc1ccc(N2C(=O)/C(=C/c3cccc(OC)c3)NC2=S)cc1. The Morgan fingerprint density at radius 1 is 1.04 bits per heavy atom. The van der Waals surface area contributed by atoms with Gasteiger partial charge in [-0.25, -0.2) is 0 Å². The van der Waals surface area contributed by atoms with Gasteiger partial charge < -0.3 is 14.8 Å². The molecule has 1 saturated heterocycles. The normalized spacial score (nSPS) is 15.6. The molecular formula is C18H16N2O3S. The number of benzene rings is 2. The highest BCUT2D eigenvalue weighted by molar-refractivity contribution is 7.80. The summed E-state index contributed by atoms with van der Waals surface area (Å²) in [5.41, 5.74) is 1.96. The van der Waals surface area contributed by atoms with Gasteiger partial charge in [0.2, 0.25) is 0 Å². The molecule has 2 aromatic rings. The van der Waals surface area contributed by atoms with Gasteiger partial charge >= 0.3 is 0 Å². The number of hydrogen-bond donors (Lipinski definition) is 1. The van der Waals surface area contributed by atoms with Crippen molar-refractivity contribution in [3.05, 3.63) is 59.8 Å². The minimum absolute atomic E-state index is 0.201. The number of thiocarbonyl (C=S) groups is 1. The van der Waals surface area contributed by atoms with Crippen LogP contribution in [-0.2, 0) is 4.79 Å². The van der Waals surface area contributed by atoms with E-state index < -0.39 is 0 Å². The fraction of sp³-hybridized carbons (Fsp3) is 0.111. The summed E-state index contributed by atoms with van der Waals surface area (Å²) in [4.78, 5) is 14.1. The van der Waals surface area contributed by atoms with E-state index in [0.29, 0.717) is 16.5 Å². The van der Waals surface area contributed by atoms with E-state index in [9.17, 15) is 4.79 Å². The minimum Gasteiger partial charge on any atom is -0.497 e. The van der Waals surface area contributed by atoms with Gasteiger partial charge in [-0.1, -0.05) is 12.1 Å². The largest absolute Gasteiger partial charge is 0.497 e. The van der Waals surface area contributed by atoms with Gasteiger partial charge in [0.1, 0.15) is 17.2 Å². The van der Waals surface area contributed by atoms with E-state index in [1.165, 1.54) is 4.90 Å². The topological polar surface area (TPSA) is 50.8 Å². The van der Waals surface area contributed by atoms with Crippen LogP contribution in [0.2, 0.25) is 0 Å². The predicted molar refractivity (Wildman–Crippen MR) is 97.2 cm³/mol. The minimum atomic E-state index is -0.201. The summed E-state index contributed by atoms with van der Waals surface area (Å²) in [7, 11) is 3.20. The second kappa shape index (κ2) is 6.72. The predicted octanol–water partition coefficient (Wildman–Crippen LogP) is 2.97. The molecule has 1 fully saturated rings. The molecule has 1 aliphatic heterocycles. The molecule has 3 rings (SSSR count). The number of hydrogen-bond acceptors (Lipinski definition) is 4. The molecule has 0 aromatic heterocycles. The molecule has 6 heteroatoms. The van der Waals surface area contributed by atoms with Crippen LogP contribution in [0, 0.1) is 0 Å². The number of methoxy groups -OCH3 is 2. The molecule has 1 aliphatic rings. The number of ether oxygens (including phenoxy) is 2. The first-order valence-electron chi connectivity index (χ1n) is 7.27. The molecule has 0 spiro atoms. The summed E-state index contributed by atoms with van der Waals surface area (Å²) < 4.78 is 10.3. The molecule has 1 N–H and O–H groups in total. The van der Waals surface area contributed by atoms with Crippen molar-refractivity contribution in [3.8, 4) is 11.5 Å². The van der Waals surface area contributed by atoms with E-state index in [1.54, 1.807) is 44.6 Å². The maximum absolute atomic E-state index is 12.7. The average molecular weight is 340 g/mol. The number of carbonyl (C=O) groups excluding carboxylic acids is 1. The van der Waals surface area contributed by atoms with Gasteiger partial charge in [-0.3, -0.25) is 9.69 Å². The summed E-state index contributed by atoms with van der Waals surface area (Å²) >= 11 is 5.30. The molecule has 0 saturated carbocycles. The Bertz CT molecular complexity index is 815. The molecule has 0 unspecified atom stereocenters. The van der Waals surface area contributed by atoms with E-state index in [4.69, 9.17) is 21.7 Å². The van der Waals surface area contributed by atoms with Gasteiger partial charge in [0.15, 0.2) is 5.11 Å². The van der Waals surface area contributed by atoms with Crippen LogP contribution in [0.5, 0.6) is 11.5 Å². The molecule has 1 heterocycles. The van der Waals surface area contributed by atoms with Crippen LogP contribution in [0.15, 0.2) is 54.2 Å². The zero-order valence-corrected chi connectivity index (χ0v) is 14.1. The molecule has 0 bridgehead atoms. The monoisotopic (exact) mass is 340 g/mol. The number of rotatable bonds is 4. The first-order chi connectivity index (χ1) is 11.6. The van der Waals surface area contributed by atoms with Crippen molar-refractivity contribution in [2.75, 3.05) is 19.1 Å². The smallest absolute Gasteiger partial charge is 0.281 e. The highest BCUT2D eigenvalue weighted by atomic mass is 32.1. The van der Waals surface area contributed by atoms with E-state index >= 15 is 0 Å². The third-order valence-electron chi connectivity index (χ3n) is 3.61. The maximum atomic E-state index is 12.7. The Hall–Kier alpha value is -2.86. The highest BCUT2D eigenvalue weighted by Gasteiger charge is 2.31. The first kappa shape index (κ1) is 16.0. The van der Waals surface area contributed by atoms with Crippen molar-refractivity contribution < 1.29 is 14.3 Å². The van der Waals surface area contributed by atoms with Crippen LogP contribution < -0.4 is 19.7 Å². The fourth-order valence-electron chi connectivity index (χ4n) is 2.40. The van der Waals surface area contributed by atoms with Crippen molar-refractivity contribution >= 4 is 35.0 Å². The zero-order valence-electron chi connectivity index (χ0n) is 13.3. The molecular weight excluding hydrogens is 324 g/mol. The van der Waals surface area contributed by atoms with E-state index in [2.05, 4.69) is 5.32 Å². The van der Waals surface area contributed by atoms with Crippen LogP contribution in [-0.4, -0.2) is 25.2 Å². The Morgan fingerprint density at radius 2 is 1.75 bits per heavy atom. The number of nitrogens with zero attached hydrogens (tertiary/aromatic N) is 1.